The van der Waals surface area contributed by atoms with E-state index in [1.54, 1.807) is 18.2 Å². The Morgan fingerprint density at radius 2 is 1.80 bits per heavy atom. The van der Waals surface area contributed by atoms with Crippen molar-refractivity contribution in [2.24, 2.45) is 5.10 Å². The van der Waals surface area contributed by atoms with Gasteiger partial charge in [-0.2, -0.15) is 5.10 Å². The monoisotopic (exact) mass is 357 g/mol. The Bertz CT molecular complexity index is 803. The van der Waals surface area contributed by atoms with Crippen molar-refractivity contribution in [1.29, 1.82) is 0 Å². The van der Waals surface area contributed by atoms with Crippen LogP contribution in [0.15, 0.2) is 47.6 Å². The van der Waals surface area contributed by atoms with E-state index in [1.807, 2.05) is 38.1 Å². The van der Waals surface area contributed by atoms with E-state index >= 15 is 0 Å². The van der Waals surface area contributed by atoms with Gasteiger partial charge in [0.1, 0.15) is 0 Å². The second-order valence-corrected chi connectivity index (χ2v) is 6.13. The number of nitrogens with zero attached hydrogens (tertiary/aromatic N) is 1. The van der Waals surface area contributed by atoms with Gasteiger partial charge in [-0.05, 0) is 54.8 Å². The predicted octanol–water partition coefficient (Wildman–Crippen LogP) is 3.83. The molecule has 0 unspecified atom stereocenters. The van der Waals surface area contributed by atoms with Crippen LogP contribution in [0.2, 0.25) is 5.02 Å². The van der Waals surface area contributed by atoms with E-state index < -0.39 is 0 Å². The molecule has 0 saturated carbocycles. The molecule has 130 valence electrons. The fourth-order valence-electron chi connectivity index (χ4n) is 2.09. The van der Waals surface area contributed by atoms with Gasteiger partial charge in [0, 0.05) is 23.6 Å². The summed E-state index contributed by atoms with van der Waals surface area (Å²) in [7, 11) is 0. The third-order valence-corrected chi connectivity index (χ3v) is 3.86. The summed E-state index contributed by atoms with van der Waals surface area (Å²) < 4.78 is 0. The topological polar surface area (TPSA) is 70.6 Å². The molecular weight excluding hydrogens is 338 g/mol. The van der Waals surface area contributed by atoms with Crippen LogP contribution >= 0.6 is 11.6 Å². The molecule has 0 radical (unpaired) electrons. The minimum atomic E-state index is -0.325. The highest BCUT2D eigenvalue weighted by Gasteiger charge is 2.07. The van der Waals surface area contributed by atoms with Gasteiger partial charge in [0.25, 0.3) is 0 Å². The van der Waals surface area contributed by atoms with Gasteiger partial charge in [0.15, 0.2) is 0 Å². The molecule has 2 amide bonds. The summed E-state index contributed by atoms with van der Waals surface area (Å²) in [6.07, 6.45) is 1.65. The van der Waals surface area contributed by atoms with Crippen molar-refractivity contribution in [2.45, 2.75) is 26.7 Å². The molecule has 2 aromatic carbocycles. The molecule has 0 aliphatic rings. The second-order valence-electron chi connectivity index (χ2n) is 5.70. The Hall–Kier alpha value is -2.66. The van der Waals surface area contributed by atoms with Crippen molar-refractivity contribution in [3.63, 3.8) is 0 Å². The van der Waals surface area contributed by atoms with Crippen LogP contribution in [0.1, 0.15) is 29.5 Å². The number of halogens is 1. The van der Waals surface area contributed by atoms with Gasteiger partial charge in [-0.3, -0.25) is 9.59 Å². The van der Waals surface area contributed by atoms with E-state index in [0.29, 0.717) is 5.02 Å². The Labute approximate surface area is 152 Å². The standard InChI is InChI=1S/C19H20ClN3O2/c1-13-6-7-17(10-14(13)2)22-18(24)8-9-19(25)23-21-12-15-4-3-5-16(20)11-15/h3-7,10-12H,8-9H2,1-2H3,(H,22,24)(H,23,25). The zero-order valence-corrected chi connectivity index (χ0v) is 14.9. The summed E-state index contributed by atoms with van der Waals surface area (Å²) in [5.74, 6) is -0.536. The van der Waals surface area contributed by atoms with E-state index in [-0.39, 0.29) is 24.7 Å². The van der Waals surface area contributed by atoms with Crippen LogP contribution in [0.4, 0.5) is 5.69 Å². The molecule has 25 heavy (non-hydrogen) atoms. The highest BCUT2D eigenvalue weighted by molar-refractivity contribution is 6.30. The van der Waals surface area contributed by atoms with Gasteiger partial charge >= 0.3 is 0 Å². The third-order valence-electron chi connectivity index (χ3n) is 3.62. The number of benzene rings is 2. The van der Waals surface area contributed by atoms with E-state index in [9.17, 15) is 9.59 Å². The van der Waals surface area contributed by atoms with E-state index in [4.69, 9.17) is 11.6 Å². The quantitative estimate of drug-likeness (QED) is 0.609. The summed E-state index contributed by atoms with van der Waals surface area (Å²) in [4.78, 5) is 23.6. The number of carbonyl (C=O) groups is 2. The Morgan fingerprint density at radius 3 is 2.52 bits per heavy atom. The van der Waals surface area contributed by atoms with Crippen molar-refractivity contribution >= 4 is 35.3 Å². The number of nitrogens with one attached hydrogen (secondary N) is 2. The van der Waals surface area contributed by atoms with Crippen molar-refractivity contribution in [1.82, 2.24) is 5.43 Å². The number of anilines is 1. The van der Waals surface area contributed by atoms with Crippen LogP contribution in [0.25, 0.3) is 0 Å². The lowest BCUT2D eigenvalue weighted by atomic mass is 10.1. The van der Waals surface area contributed by atoms with E-state index in [0.717, 1.165) is 22.4 Å². The van der Waals surface area contributed by atoms with Crippen molar-refractivity contribution in [2.75, 3.05) is 5.32 Å². The minimum absolute atomic E-state index is 0.0591. The van der Waals surface area contributed by atoms with Gasteiger partial charge in [-0.1, -0.05) is 29.8 Å². The van der Waals surface area contributed by atoms with Gasteiger partial charge < -0.3 is 5.32 Å². The molecule has 2 rings (SSSR count). The maximum atomic E-state index is 11.9. The van der Waals surface area contributed by atoms with Crippen LogP contribution < -0.4 is 10.7 Å². The van der Waals surface area contributed by atoms with Crippen molar-refractivity contribution < 1.29 is 9.59 Å². The number of rotatable bonds is 6. The van der Waals surface area contributed by atoms with Crippen LogP contribution in [0.3, 0.4) is 0 Å². The maximum absolute atomic E-state index is 11.9. The zero-order chi connectivity index (χ0) is 18.2. The van der Waals surface area contributed by atoms with Crippen LogP contribution in [0.5, 0.6) is 0 Å². The Morgan fingerprint density at radius 1 is 1.04 bits per heavy atom. The molecule has 0 aliphatic carbocycles. The van der Waals surface area contributed by atoms with E-state index in [1.165, 1.54) is 6.21 Å². The molecule has 0 fully saturated rings. The molecule has 0 atom stereocenters. The van der Waals surface area contributed by atoms with Crippen LogP contribution in [0, 0.1) is 13.8 Å². The number of hydrogen-bond donors (Lipinski definition) is 2. The fraction of sp³-hybridized carbons (Fsp3) is 0.211. The largest absolute Gasteiger partial charge is 0.326 e. The SMILES string of the molecule is Cc1ccc(NC(=O)CCC(=O)NN=Cc2cccc(Cl)c2)cc1C. The normalized spacial score (nSPS) is 10.7. The van der Waals surface area contributed by atoms with E-state index in [2.05, 4.69) is 15.8 Å². The average Bonchev–Trinajstić information content (AvgIpc) is 2.56. The summed E-state index contributed by atoms with van der Waals surface area (Å²) >= 11 is 5.86. The highest BCUT2D eigenvalue weighted by atomic mass is 35.5. The zero-order valence-electron chi connectivity index (χ0n) is 14.2. The number of hydrazone groups is 1. The lowest BCUT2D eigenvalue weighted by Gasteiger charge is -2.07. The minimum Gasteiger partial charge on any atom is -0.326 e. The summed E-state index contributed by atoms with van der Waals surface area (Å²) in [6, 6.07) is 12.8. The Kier molecular flexibility index (Phi) is 6.71. The molecule has 6 heteroatoms. The van der Waals surface area contributed by atoms with Crippen molar-refractivity contribution in [3.05, 3.63) is 64.2 Å². The lowest BCUT2D eigenvalue weighted by molar-refractivity contribution is -0.124. The van der Waals surface area contributed by atoms with Gasteiger partial charge in [-0.25, -0.2) is 5.43 Å². The molecule has 0 spiro atoms. The summed E-state index contributed by atoms with van der Waals surface area (Å²) in [6.45, 7) is 3.99. The third kappa shape index (κ3) is 6.39. The summed E-state index contributed by atoms with van der Waals surface area (Å²) in [5, 5.41) is 7.23. The van der Waals surface area contributed by atoms with Gasteiger partial charge in [-0.15, -0.1) is 0 Å². The first-order valence-corrected chi connectivity index (χ1v) is 8.26. The molecular formula is C19H20ClN3O2. The number of aryl methyl sites for hydroxylation is 2. The number of hydrogen-bond acceptors (Lipinski definition) is 3. The average molecular weight is 358 g/mol. The second kappa shape index (κ2) is 8.99. The fourth-order valence-corrected chi connectivity index (χ4v) is 2.29. The molecule has 0 saturated heterocycles. The summed E-state index contributed by atoms with van der Waals surface area (Å²) in [5.41, 5.74) is 6.17. The van der Waals surface area contributed by atoms with Gasteiger partial charge in [0.2, 0.25) is 11.8 Å². The molecule has 5 nitrogen and oxygen atoms in total. The first-order valence-electron chi connectivity index (χ1n) is 7.88. The predicted molar refractivity (Wildman–Crippen MR) is 101 cm³/mol. The molecule has 0 heterocycles. The number of carbonyl (C=O) groups excluding carboxylic acids is 2. The molecule has 0 aromatic heterocycles. The molecule has 2 aromatic rings. The van der Waals surface area contributed by atoms with Crippen LogP contribution in [-0.4, -0.2) is 18.0 Å². The first-order chi connectivity index (χ1) is 11.9. The highest BCUT2D eigenvalue weighted by Crippen LogP contribution is 2.14. The molecule has 2 N–H and O–H groups in total. The maximum Gasteiger partial charge on any atom is 0.240 e. The molecule has 0 aliphatic heterocycles. The number of amides is 2. The van der Waals surface area contributed by atoms with Gasteiger partial charge in [0.05, 0.1) is 6.21 Å². The lowest BCUT2D eigenvalue weighted by Crippen LogP contribution is -2.20. The van der Waals surface area contributed by atoms with Crippen LogP contribution in [-0.2, 0) is 9.59 Å². The van der Waals surface area contributed by atoms with Crippen molar-refractivity contribution in [3.8, 4) is 0 Å². The molecule has 0 bridgehead atoms. The first kappa shape index (κ1) is 18.7. The smallest absolute Gasteiger partial charge is 0.240 e. The Balaban J connectivity index is 1.75.